The van der Waals surface area contributed by atoms with E-state index in [1.165, 1.54) is 32.1 Å². The Labute approximate surface area is 159 Å². The van der Waals surface area contributed by atoms with Gasteiger partial charge in [-0.05, 0) is 18.4 Å². The van der Waals surface area contributed by atoms with E-state index >= 15 is 0 Å². The zero-order chi connectivity index (χ0) is 16.1. The number of carboxylic acids is 2. The van der Waals surface area contributed by atoms with Crippen LogP contribution in [0.3, 0.4) is 0 Å². The van der Waals surface area contributed by atoms with Crippen LogP contribution in [0.15, 0.2) is 0 Å². The second kappa shape index (κ2) is 15.9. The number of nitrogens with zero attached hydrogens (tertiary/aromatic N) is 1. The van der Waals surface area contributed by atoms with Crippen molar-refractivity contribution in [3.63, 3.8) is 0 Å². The summed E-state index contributed by atoms with van der Waals surface area (Å²) in [5.41, 5.74) is 0. The molecule has 1 unspecified atom stereocenters. The Morgan fingerprint density at radius 2 is 1.59 bits per heavy atom. The molecular formula is C16H30NO4Y-. The summed E-state index contributed by atoms with van der Waals surface area (Å²) in [5, 5.41) is 20.6. The van der Waals surface area contributed by atoms with Crippen molar-refractivity contribution in [2.45, 2.75) is 77.7 Å². The van der Waals surface area contributed by atoms with Crippen LogP contribution < -0.4 is 0 Å². The number of rotatable bonds is 4. The van der Waals surface area contributed by atoms with Crippen molar-refractivity contribution < 1.29 is 52.5 Å². The first kappa shape index (κ1) is 24.3. The van der Waals surface area contributed by atoms with Crippen molar-refractivity contribution >= 4 is 11.9 Å². The summed E-state index contributed by atoms with van der Waals surface area (Å²) >= 11 is 0. The van der Waals surface area contributed by atoms with Crippen molar-refractivity contribution in [1.82, 2.24) is 0 Å². The van der Waals surface area contributed by atoms with Crippen LogP contribution in [0.2, 0.25) is 0 Å². The molecule has 0 aromatic heterocycles. The van der Waals surface area contributed by atoms with Crippen molar-refractivity contribution in [3.05, 3.63) is 5.32 Å². The topological polar surface area (TPSA) is 88.7 Å². The number of aliphatic carboxylic acids is 2. The maximum atomic E-state index is 10.2. The zero-order valence-corrected chi connectivity index (χ0v) is 16.8. The van der Waals surface area contributed by atoms with E-state index in [2.05, 4.69) is 5.32 Å². The second-order valence-corrected chi connectivity index (χ2v) is 5.34. The summed E-state index contributed by atoms with van der Waals surface area (Å²) in [6.07, 6.45) is 9.42. The molecule has 6 heteroatoms. The fourth-order valence-electron chi connectivity index (χ4n) is 2.63. The average Bonchev–Trinajstić information content (AvgIpc) is 3.03. The summed E-state index contributed by atoms with van der Waals surface area (Å²) in [6.45, 7) is 4.73. The quantitative estimate of drug-likeness (QED) is 0.759. The summed E-state index contributed by atoms with van der Waals surface area (Å²) in [7, 11) is 0. The number of hydrogen-bond acceptors (Lipinski definition) is 2. The van der Waals surface area contributed by atoms with Gasteiger partial charge in [0.25, 0.3) is 5.97 Å². The molecule has 2 N–H and O–H groups in total. The first-order valence-corrected chi connectivity index (χ1v) is 8.21. The Bertz CT molecular complexity index is 288. The third kappa shape index (κ3) is 12.5. The molecule has 0 amide bonds. The molecule has 2 fully saturated rings. The fraction of sp³-hybridized carbons (Fsp3) is 0.875. The molecule has 0 spiro atoms. The molecule has 1 aliphatic heterocycles. The van der Waals surface area contributed by atoms with Gasteiger partial charge < -0.3 is 15.5 Å². The van der Waals surface area contributed by atoms with Crippen molar-refractivity contribution in [2.24, 2.45) is 5.92 Å². The van der Waals surface area contributed by atoms with E-state index < -0.39 is 18.0 Å². The normalized spacial score (nSPS) is 20.5. The van der Waals surface area contributed by atoms with Crippen LogP contribution in [0.25, 0.3) is 5.32 Å². The molecule has 127 valence electrons. The minimum Gasteiger partial charge on any atom is -0.650 e. The monoisotopic (exact) mass is 389 g/mol. The maximum absolute atomic E-state index is 10.2. The minimum atomic E-state index is -0.775. The van der Waals surface area contributed by atoms with Crippen LogP contribution in [0, 0.1) is 5.92 Å². The molecule has 1 saturated carbocycles. The molecule has 0 aromatic carbocycles. The predicted molar refractivity (Wildman–Crippen MR) is 83.7 cm³/mol. The first-order chi connectivity index (χ1) is 10.1. The third-order valence-corrected chi connectivity index (χ3v) is 3.76. The van der Waals surface area contributed by atoms with E-state index in [0.29, 0.717) is 12.3 Å². The molecule has 1 radical (unpaired) electrons. The van der Waals surface area contributed by atoms with Gasteiger partial charge in [0.1, 0.15) is 0 Å². The van der Waals surface area contributed by atoms with Crippen LogP contribution in [-0.4, -0.2) is 34.7 Å². The van der Waals surface area contributed by atoms with Crippen LogP contribution in [-0.2, 0) is 42.3 Å². The van der Waals surface area contributed by atoms with E-state index in [0.717, 1.165) is 25.8 Å². The first-order valence-electron chi connectivity index (χ1n) is 8.21. The van der Waals surface area contributed by atoms with Crippen LogP contribution in [0.4, 0.5) is 0 Å². The smallest absolute Gasteiger partial charge is 0.303 e. The molecule has 22 heavy (non-hydrogen) atoms. The Hall–Kier alpha value is 0.00390. The summed E-state index contributed by atoms with van der Waals surface area (Å²) < 4.78 is 0. The molecule has 1 heterocycles. The van der Waals surface area contributed by atoms with Gasteiger partial charge in [0.05, 0.1) is 0 Å². The van der Waals surface area contributed by atoms with Crippen LogP contribution >= 0.6 is 0 Å². The van der Waals surface area contributed by atoms with E-state index in [1.54, 1.807) is 0 Å². The fourth-order valence-corrected chi connectivity index (χ4v) is 2.63. The van der Waals surface area contributed by atoms with Gasteiger partial charge in [-0.15, -0.1) is 6.54 Å². The molecule has 0 bridgehead atoms. The minimum absolute atomic E-state index is 0. The zero-order valence-electron chi connectivity index (χ0n) is 14.0. The Balaban J connectivity index is 0. The average molecular weight is 389 g/mol. The van der Waals surface area contributed by atoms with E-state index in [1.807, 2.05) is 13.8 Å². The Morgan fingerprint density at radius 1 is 1.00 bits per heavy atom. The largest absolute Gasteiger partial charge is 0.650 e. The second-order valence-electron chi connectivity index (χ2n) is 5.34. The number of carboxylic acid groups (broad SMARTS) is 2. The van der Waals surface area contributed by atoms with Gasteiger partial charge in [-0.25, -0.2) is 0 Å². The maximum Gasteiger partial charge on any atom is 0.303 e. The van der Waals surface area contributed by atoms with Gasteiger partial charge in [-0.1, -0.05) is 58.8 Å². The van der Waals surface area contributed by atoms with Gasteiger partial charge in [0.15, 0.2) is 0 Å². The van der Waals surface area contributed by atoms with Crippen LogP contribution in [0.5, 0.6) is 0 Å². The molecular weight excluding hydrogens is 359 g/mol. The van der Waals surface area contributed by atoms with Crippen molar-refractivity contribution in [3.8, 4) is 0 Å². The van der Waals surface area contributed by atoms with Gasteiger partial charge in [0, 0.05) is 39.1 Å². The molecule has 2 aliphatic rings. The molecule has 0 aromatic rings. The molecule has 5 nitrogen and oxygen atoms in total. The molecule has 2 rings (SSSR count). The van der Waals surface area contributed by atoms with Gasteiger partial charge in [-0.3, -0.25) is 9.59 Å². The Kier molecular flexibility index (Phi) is 17.5. The molecule has 1 aliphatic carbocycles. The van der Waals surface area contributed by atoms with Gasteiger partial charge in [-0.2, -0.15) is 0 Å². The van der Waals surface area contributed by atoms with Crippen LogP contribution in [0.1, 0.15) is 71.6 Å². The number of carbonyl (C=O) groups is 2. The van der Waals surface area contributed by atoms with Gasteiger partial charge >= 0.3 is 5.97 Å². The van der Waals surface area contributed by atoms with E-state index in [-0.39, 0.29) is 32.7 Å². The summed E-state index contributed by atoms with van der Waals surface area (Å²) in [4.78, 5) is 20.3. The van der Waals surface area contributed by atoms with Crippen molar-refractivity contribution in [1.29, 1.82) is 0 Å². The molecule has 1 saturated heterocycles. The summed E-state index contributed by atoms with van der Waals surface area (Å²) in [5.74, 6) is -0.710. The predicted octanol–water partition coefficient (Wildman–Crippen LogP) is 4.06. The third-order valence-electron chi connectivity index (χ3n) is 3.76. The van der Waals surface area contributed by atoms with Crippen molar-refractivity contribution in [2.75, 3.05) is 6.54 Å². The number of hydrogen-bond donors (Lipinski definition) is 2. The van der Waals surface area contributed by atoms with E-state index in [4.69, 9.17) is 10.2 Å². The molecule has 1 atom stereocenters. The van der Waals surface area contributed by atoms with E-state index in [9.17, 15) is 9.59 Å². The summed E-state index contributed by atoms with van der Waals surface area (Å²) in [6, 6.07) is -0.394. The van der Waals surface area contributed by atoms with Gasteiger partial charge in [0.2, 0.25) is 0 Å². The SMILES string of the molecule is CC.O=C(O)C1CCC[N-]1.O=C(O)CCC1CCCCC1.[Y]. The Morgan fingerprint density at radius 3 is 1.95 bits per heavy atom. The standard InChI is InChI=1S/C9H16O2.C5H8NO2.C2H6.Y/c10-9(11)7-6-8-4-2-1-3-5-8;7-5(8)4-2-1-3-6-4;1-2;/h8H,1-7H2,(H,10,11);4H,1-3H2,(H,7,8);1-2H3;/q;-1;;.